The normalized spacial score (nSPS) is 26.0. The van der Waals surface area contributed by atoms with Gasteiger partial charge in [0.05, 0.1) is 6.10 Å². The van der Waals surface area contributed by atoms with E-state index in [2.05, 4.69) is 12.2 Å². The number of hydrogen-bond donors (Lipinski definition) is 2. The second-order valence-corrected chi connectivity index (χ2v) is 4.22. The van der Waals surface area contributed by atoms with E-state index in [1.165, 1.54) is 0 Å². The van der Waals surface area contributed by atoms with E-state index in [1.54, 1.807) is 13.0 Å². The van der Waals surface area contributed by atoms with Gasteiger partial charge in [0.15, 0.2) is 0 Å². The zero-order valence-electron chi connectivity index (χ0n) is 10.0. The molecule has 1 rings (SSSR count). The number of carboxylic acids is 1. The lowest BCUT2D eigenvalue weighted by Crippen LogP contribution is -2.28. The molecule has 0 spiro atoms. The minimum atomic E-state index is -0.850. The highest BCUT2D eigenvalue weighted by atomic mass is 16.5. The van der Waals surface area contributed by atoms with Gasteiger partial charge in [-0.15, -0.1) is 0 Å². The van der Waals surface area contributed by atoms with E-state index in [0.717, 1.165) is 26.0 Å². The van der Waals surface area contributed by atoms with Crippen LogP contribution in [0, 0.1) is 5.92 Å². The molecule has 2 unspecified atom stereocenters. The van der Waals surface area contributed by atoms with E-state index in [9.17, 15) is 4.79 Å². The summed E-state index contributed by atoms with van der Waals surface area (Å²) in [7, 11) is 0. The first-order valence-electron chi connectivity index (χ1n) is 5.87. The molecule has 0 saturated carbocycles. The summed E-state index contributed by atoms with van der Waals surface area (Å²) in [5.41, 5.74) is 0.391. The van der Waals surface area contributed by atoms with Crippen molar-refractivity contribution in [3.63, 3.8) is 0 Å². The van der Waals surface area contributed by atoms with Crippen molar-refractivity contribution in [3.05, 3.63) is 11.6 Å². The first-order chi connectivity index (χ1) is 7.65. The van der Waals surface area contributed by atoms with E-state index in [1.807, 2.05) is 0 Å². The van der Waals surface area contributed by atoms with Gasteiger partial charge in [0.25, 0.3) is 0 Å². The van der Waals surface area contributed by atoms with E-state index in [-0.39, 0.29) is 0 Å². The van der Waals surface area contributed by atoms with Crippen molar-refractivity contribution in [2.45, 2.75) is 32.8 Å². The van der Waals surface area contributed by atoms with Gasteiger partial charge in [-0.25, -0.2) is 4.79 Å². The summed E-state index contributed by atoms with van der Waals surface area (Å²) >= 11 is 0. The van der Waals surface area contributed by atoms with Crippen molar-refractivity contribution in [2.75, 3.05) is 19.7 Å². The Balaban J connectivity index is 2.20. The summed E-state index contributed by atoms with van der Waals surface area (Å²) in [4.78, 5) is 10.5. The SMILES string of the molecule is CCC1OCCC1CNC/C=C(/C)C(=O)O. The van der Waals surface area contributed by atoms with Crippen LogP contribution in [0.4, 0.5) is 0 Å². The number of ether oxygens (including phenoxy) is 1. The third-order valence-electron chi connectivity index (χ3n) is 3.05. The fourth-order valence-corrected chi connectivity index (χ4v) is 1.96. The summed E-state index contributed by atoms with van der Waals surface area (Å²) in [6, 6.07) is 0. The average molecular weight is 227 g/mol. The molecule has 0 amide bonds. The largest absolute Gasteiger partial charge is 0.478 e. The fourth-order valence-electron chi connectivity index (χ4n) is 1.96. The van der Waals surface area contributed by atoms with Crippen molar-refractivity contribution in [2.24, 2.45) is 5.92 Å². The van der Waals surface area contributed by atoms with Gasteiger partial charge in [-0.3, -0.25) is 0 Å². The minimum absolute atomic E-state index is 0.372. The Morgan fingerprint density at radius 3 is 3.00 bits per heavy atom. The summed E-state index contributed by atoms with van der Waals surface area (Å²) < 4.78 is 5.58. The molecule has 1 saturated heterocycles. The third kappa shape index (κ3) is 3.94. The average Bonchev–Trinajstić information content (AvgIpc) is 2.71. The highest BCUT2D eigenvalue weighted by Gasteiger charge is 2.25. The van der Waals surface area contributed by atoms with Crippen LogP contribution in [0.5, 0.6) is 0 Å². The number of nitrogens with one attached hydrogen (secondary N) is 1. The van der Waals surface area contributed by atoms with Crippen LogP contribution >= 0.6 is 0 Å². The lowest BCUT2D eigenvalue weighted by atomic mass is 10.00. The topological polar surface area (TPSA) is 58.6 Å². The predicted octanol–water partition coefficient (Wildman–Crippen LogP) is 1.42. The van der Waals surface area contributed by atoms with Crippen LogP contribution in [-0.4, -0.2) is 36.9 Å². The van der Waals surface area contributed by atoms with Crippen LogP contribution in [0.1, 0.15) is 26.7 Å². The van der Waals surface area contributed by atoms with Crippen molar-refractivity contribution in [1.29, 1.82) is 0 Å². The maximum absolute atomic E-state index is 10.5. The molecule has 1 heterocycles. The molecule has 2 N–H and O–H groups in total. The molecule has 0 bridgehead atoms. The molecule has 4 heteroatoms. The van der Waals surface area contributed by atoms with Crippen LogP contribution in [0.25, 0.3) is 0 Å². The lowest BCUT2D eigenvalue weighted by molar-refractivity contribution is -0.132. The zero-order valence-corrected chi connectivity index (χ0v) is 10.0. The summed E-state index contributed by atoms with van der Waals surface area (Å²) in [6.07, 6.45) is 4.24. The van der Waals surface area contributed by atoms with E-state index >= 15 is 0 Å². The van der Waals surface area contributed by atoms with Gasteiger partial charge in [0.1, 0.15) is 0 Å². The molecule has 0 aromatic rings. The van der Waals surface area contributed by atoms with Gasteiger partial charge >= 0.3 is 5.97 Å². The quantitative estimate of drug-likeness (QED) is 0.532. The first-order valence-corrected chi connectivity index (χ1v) is 5.87. The Bertz CT molecular complexity index is 263. The lowest BCUT2D eigenvalue weighted by Gasteiger charge is -2.16. The molecule has 0 aromatic carbocycles. The molecule has 0 aromatic heterocycles. The number of carboxylic acid groups (broad SMARTS) is 1. The molecule has 16 heavy (non-hydrogen) atoms. The summed E-state index contributed by atoms with van der Waals surface area (Å²) in [6.45, 7) is 6.12. The van der Waals surface area contributed by atoms with Crippen LogP contribution in [-0.2, 0) is 9.53 Å². The molecule has 0 aliphatic carbocycles. The van der Waals surface area contributed by atoms with Gasteiger partial charge in [0.2, 0.25) is 0 Å². The number of aliphatic carboxylic acids is 1. The number of hydrogen-bond acceptors (Lipinski definition) is 3. The van der Waals surface area contributed by atoms with E-state index < -0.39 is 5.97 Å². The Labute approximate surface area is 96.7 Å². The van der Waals surface area contributed by atoms with Crippen molar-refractivity contribution >= 4 is 5.97 Å². The molecular formula is C12H21NO3. The predicted molar refractivity (Wildman–Crippen MR) is 62.4 cm³/mol. The van der Waals surface area contributed by atoms with Gasteiger partial charge in [0, 0.05) is 25.3 Å². The highest BCUT2D eigenvalue weighted by Crippen LogP contribution is 2.22. The molecule has 1 aliphatic rings. The molecule has 0 radical (unpaired) electrons. The smallest absolute Gasteiger partial charge is 0.330 e. The van der Waals surface area contributed by atoms with Gasteiger partial charge < -0.3 is 15.2 Å². The summed E-state index contributed by atoms with van der Waals surface area (Å²) in [5, 5.41) is 11.9. The Hall–Kier alpha value is -0.870. The van der Waals surface area contributed by atoms with Crippen LogP contribution in [0.15, 0.2) is 11.6 Å². The second-order valence-electron chi connectivity index (χ2n) is 4.22. The van der Waals surface area contributed by atoms with Gasteiger partial charge in [-0.2, -0.15) is 0 Å². The molecular weight excluding hydrogens is 206 g/mol. The molecule has 92 valence electrons. The molecule has 4 nitrogen and oxygen atoms in total. The third-order valence-corrected chi connectivity index (χ3v) is 3.05. The molecule has 1 fully saturated rings. The van der Waals surface area contributed by atoms with Crippen molar-refractivity contribution < 1.29 is 14.6 Å². The molecule has 2 atom stereocenters. The van der Waals surface area contributed by atoms with Crippen LogP contribution in [0.3, 0.4) is 0 Å². The maximum Gasteiger partial charge on any atom is 0.330 e. The minimum Gasteiger partial charge on any atom is -0.478 e. The molecule has 1 aliphatic heterocycles. The zero-order chi connectivity index (χ0) is 12.0. The first kappa shape index (κ1) is 13.2. The van der Waals surface area contributed by atoms with Crippen LogP contribution in [0.2, 0.25) is 0 Å². The Morgan fingerprint density at radius 1 is 1.62 bits per heavy atom. The Morgan fingerprint density at radius 2 is 2.38 bits per heavy atom. The number of rotatable bonds is 6. The van der Waals surface area contributed by atoms with Crippen molar-refractivity contribution in [1.82, 2.24) is 5.32 Å². The van der Waals surface area contributed by atoms with E-state index in [0.29, 0.717) is 24.1 Å². The number of carbonyl (C=O) groups is 1. The van der Waals surface area contributed by atoms with Gasteiger partial charge in [-0.05, 0) is 25.7 Å². The Kier molecular flexibility index (Phi) is 5.49. The van der Waals surface area contributed by atoms with Crippen LogP contribution < -0.4 is 5.32 Å². The highest BCUT2D eigenvalue weighted by molar-refractivity contribution is 5.85. The fraction of sp³-hybridized carbons (Fsp3) is 0.750. The van der Waals surface area contributed by atoms with E-state index in [4.69, 9.17) is 9.84 Å². The van der Waals surface area contributed by atoms with Gasteiger partial charge in [-0.1, -0.05) is 13.0 Å². The van der Waals surface area contributed by atoms with Crippen molar-refractivity contribution in [3.8, 4) is 0 Å². The second kappa shape index (κ2) is 6.66. The monoisotopic (exact) mass is 227 g/mol. The maximum atomic E-state index is 10.5. The standard InChI is InChI=1S/C12H21NO3/c1-3-11-10(5-7-16-11)8-13-6-4-9(2)12(14)15/h4,10-11,13H,3,5-8H2,1-2H3,(H,14,15)/b9-4-. The summed E-state index contributed by atoms with van der Waals surface area (Å²) in [5.74, 6) is -0.277.